The van der Waals surface area contributed by atoms with Crippen molar-refractivity contribution in [1.82, 2.24) is 4.98 Å². The highest BCUT2D eigenvalue weighted by molar-refractivity contribution is 8.58. The molecule has 0 spiro atoms. The molecular formula is C25H37N2O4PS. The first-order valence-electron chi connectivity index (χ1n) is 11.6. The van der Waals surface area contributed by atoms with Gasteiger partial charge in [0.1, 0.15) is 10.9 Å². The Balaban J connectivity index is 0.000000357. The highest BCUT2D eigenvalue weighted by Crippen LogP contribution is 2.70. The number of pyridine rings is 1. The third kappa shape index (κ3) is 8.16. The minimum Gasteiger partial charge on any atom is -0.494 e. The van der Waals surface area contributed by atoms with Crippen molar-refractivity contribution in [2.75, 3.05) is 26.5 Å². The van der Waals surface area contributed by atoms with Crippen molar-refractivity contribution >= 4 is 23.6 Å². The summed E-state index contributed by atoms with van der Waals surface area (Å²) in [7, 11) is 0. The second-order valence-corrected chi connectivity index (χ2v) is 14.1. The monoisotopic (exact) mass is 492 g/mol. The van der Waals surface area contributed by atoms with Crippen LogP contribution in [0, 0.1) is 0 Å². The van der Waals surface area contributed by atoms with Gasteiger partial charge >= 0.3 is 0 Å². The number of carbonyl (C=O) groups excluding carboxylic acids is 1. The van der Waals surface area contributed by atoms with Gasteiger partial charge in [-0.1, -0.05) is 44.1 Å². The van der Waals surface area contributed by atoms with E-state index in [1.165, 1.54) is 23.4 Å². The molecule has 2 aromatic rings. The van der Waals surface area contributed by atoms with Gasteiger partial charge in [-0.15, -0.1) is 0 Å². The Morgan fingerprint density at radius 3 is 2.42 bits per heavy atom. The first kappa shape index (κ1) is 27.4. The number of carbonyl (C=O) groups is 1. The van der Waals surface area contributed by atoms with E-state index in [9.17, 15) is 9.36 Å². The van der Waals surface area contributed by atoms with Crippen LogP contribution in [-0.4, -0.2) is 42.5 Å². The van der Waals surface area contributed by atoms with Crippen LogP contribution in [0.1, 0.15) is 51.5 Å². The molecular weight excluding hydrogens is 455 g/mol. The number of aromatic nitrogens is 1. The molecule has 1 fully saturated rings. The number of ether oxygens (including phenoxy) is 2. The zero-order chi connectivity index (χ0) is 24.2. The summed E-state index contributed by atoms with van der Waals surface area (Å²) in [4.78, 5) is 16.9. The van der Waals surface area contributed by atoms with E-state index in [0.717, 1.165) is 29.9 Å². The number of amides is 1. The molecule has 6 nitrogen and oxygen atoms in total. The van der Waals surface area contributed by atoms with Crippen LogP contribution >= 0.6 is 17.7 Å². The maximum atomic E-state index is 13.4. The maximum Gasteiger partial charge on any atom is 0.232 e. The molecule has 1 aliphatic rings. The van der Waals surface area contributed by atoms with E-state index in [4.69, 9.17) is 15.2 Å². The largest absolute Gasteiger partial charge is 0.494 e. The summed E-state index contributed by atoms with van der Waals surface area (Å²) in [6.45, 7) is 7.50. The first-order chi connectivity index (χ1) is 15.8. The number of rotatable bonds is 10. The Morgan fingerprint density at radius 1 is 1.18 bits per heavy atom. The predicted octanol–water partition coefficient (Wildman–Crippen LogP) is 5.93. The first-order valence-corrected chi connectivity index (χ1v) is 15.2. The second-order valence-electron chi connectivity index (χ2n) is 8.23. The van der Waals surface area contributed by atoms with E-state index in [1.54, 1.807) is 12.9 Å². The van der Waals surface area contributed by atoms with E-state index >= 15 is 0 Å². The van der Waals surface area contributed by atoms with E-state index in [2.05, 4.69) is 24.9 Å². The average molecular weight is 493 g/mol. The lowest BCUT2D eigenvalue weighted by Gasteiger charge is -2.38. The van der Waals surface area contributed by atoms with Crippen LogP contribution in [0.25, 0.3) is 0 Å². The Morgan fingerprint density at radius 2 is 1.88 bits per heavy atom. The van der Waals surface area contributed by atoms with Crippen molar-refractivity contribution in [2.24, 2.45) is 5.73 Å². The number of unbranched alkanes of at least 4 members (excludes halogenated alkanes) is 1. The van der Waals surface area contributed by atoms with Crippen molar-refractivity contribution in [1.29, 1.82) is 0 Å². The smallest absolute Gasteiger partial charge is 0.232 e. The summed E-state index contributed by atoms with van der Waals surface area (Å²) in [5.41, 5.74) is 6.97. The van der Waals surface area contributed by atoms with Gasteiger partial charge in [0.15, 0.2) is 6.34 Å². The highest BCUT2D eigenvalue weighted by Gasteiger charge is 2.51. The summed E-state index contributed by atoms with van der Waals surface area (Å²) >= 11 is 1.26. The number of primary amides is 1. The van der Waals surface area contributed by atoms with Crippen LogP contribution in [-0.2, 0) is 20.5 Å². The standard InChI is InChI=1S/C17H26NO4PS.C8H11N/c1-3-4-11-22-14-5-7-15(8-6-14)24-23(2,20)17(16(18)19)9-12-21-13-10-17;1-2-4-8-5-3-6-9-7-8/h5-8H,3-4,9-13H2,1-2H3,(H2,18,19);3,5-7H,2,4H2,1H3. The Labute approximate surface area is 202 Å². The molecule has 1 unspecified atom stereocenters. The van der Waals surface area contributed by atoms with Gasteiger partial charge in [0.25, 0.3) is 0 Å². The summed E-state index contributed by atoms with van der Waals surface area (Å²) in [6, 6.07) is 11.6. The zero-order valence-corrected chi connectivity index (χ0v) is 21.7. The topological polar surface area (TPSA) is 91.5 Å². The van der Waals surface area contributed by atoms with Gasteiger partial charge in [0.2, 0.25) is 5.91 Å². The van der Waals surface area contributed by atoms with E-state index in [1.807, 2.05) is 36.5 Å². The Hall–Kier alpha value is -1.82. The molecule has 0 radical (unpaired) electrons. The van der Waals surface area contributed by atoms with Crippen LogP contribution in [0.5, 0.6) is 5.75 Å². The fraction of sp³-hybridized carbons (Fsp3) is 0.520. The van der Waals surface area contributed by atoms with Crippen molar-refractivity contribution in [3.63, 3.8) is 0 Å². The summed E-state index contributed by atoms with van der Waals surface area (Å²) in [6.07, 6.45) is 6.12. The molecule has 2 heterocycles. The molecule has 3 rings (SSSR count). The summed E-state index contributed by atoms with van der Waals surface area (Å²) in [5, 5.41) is -0.980. The van der Waals surface area contributed by atoms with E-state index < -0.39 is 17.4 Å². The Kier molecular flexibility index (Phi) is 11.5. The molecule has 0 aliphatic carbocycles. The quantitative estimate of drug-likeness (QED) is 0.326. The van der Waals surface area contributed by atoms with Gasteiger partial charge in [-0.25, -0.2) is 0 Å². The van der Waals surface area contributed by atoms with Crippen molar-refractivity contribution in [2.45, 2.75) is 62.4 Å². The molecule has 8 heteroatoms. The minimum atomic E-state index is -2.90. The number of hydrogen-bond acceptors (Lipinski definition) is 6. The maximum absolute atomic E-state index is 13.4. The lowest BCUT2D eigenvalue weighted by Crippen LogP contribution is -2.47. The SMILES string of the molecule is CCCCOc1ccc(SP(C)(=O)C2(C(N)=O)CCOCC2)cc1.CCCc1cccnc1. The number of hydrogen-bond donors (Lipinski definition) is 1. The lowest BCUT2D eigenvalue weighted by molar-refractivity contribution is -0.122. The molecule has 1 aromatic carbocycles. The molecule has 0 bridgehead atoms. The molecule has 2 N–H and O–H groups in total. The summed E-state index contributed by atoms with van der Waals surface area (Å²) < 4.78 is 24.3. The van der Waals surface area contributed by atoms with Gasteiger partial charge in [-0.2, -0.15) is 0 Å². The molecule has 1 atom stereocenters. The van der Waals surface area contributed by atoms with E-state index in [-0.39, 0.29) is 0 Å². The minimum absolute atomic E-state index is 0.418. The molecule has 1 aromatic heterocycles. The molecule has 1 amide bonds. The predicted molar refractivity (Wildman–Crippen MR) is 136 cm³/mol. The second kappa shape index (κ2) is 13.8. The van der Waals surface area contributed by atoms with Crippen LogP contribution in [0.4, 0.5) is 0 Å². The summed E-state index contributed by atoms with van der Waals surface area (Å²) in [5.74, 6) is 0.318. The average Bonchev–Trinajstić information content (AvgIpc) is 2.82. The van der Waals surface area contributed by atoms with Gasteiger partial charge in [0.05, 0.1) is 6.61 Å². The van der Waals surface area contributed by atoms with E-state index in [0.29, 0.717) is 32.7 Å². The molecule has 1 saturated heterocycles. The fourth-order valence-corrected chi connectivity index (χ4v) is 8.76. The Bertz CT molecular complexity index is 887. The fourth-order valence-electron chi connectivity index (χ4n) is 3.62. The van der Waals surface area contributed by atoms with Gasteiger partial charge in [0, 0.05) is 30.5 Å². The van der Waals surface area contributed by atoms with Gasteiger partial charge in [-0.3, -0.25) is 9.78 Å². The number of nitrogens with zero attached hydrogens (tertiary/aromatic N) is 1. The van der Waals surface area contributed by atoms with Crippen LogP contribution in [0.3, 0.4) is 0 Å². The number of nitrogens with two attached hydrogens (primary N) is 1. The number of aryl methyl sites for hydroxylation is 1. The third-order valence-electron chi connectivity index (χ3n) is 5.69. The highest BCUT2D eigenvalue weighted by atomic mass is 32.7. The van der Waals surface area contributed by atoms with Crippen LogP contribution in [0.2, 0.25) is 0 Å². The zero-order valence-electron chi connectivity index (χ0n) is 20.0. The van der Waals surface area contributed by atoms with Crippen molar-refractivity contribution in [3.05, 3.63) is 54.4 Å². The normalized spacial score (nSPS) is 16.7. The van der Waals surface area contributed by atoms with Gasteiger partial charge in [-0.05, 0) is 68.2 Å². The van der Waals surface area contributed by atoms with Crippen LogP contribution < -0.4 is 10.5 Å². The number of benzene rings is 1. The molecule has 1 aliphatic heterocycles. The van der Waals surface area contributed by atoms with Crippen LogP contribution in [0.15, 0.2) is 53.7 Å². The third-order valence-corrected chi connectivity index (χ3v) is 11.5. The molecule has 182 valence electrons. The lowest BCUT2D eigenvalue weighted by atomic mass is 9.98. The molecule has 0 saturated carbocycles. The van der Waals surface area contributed by atoms with Crippen molar-refractivity contribution in [3.8, 4) is 5.75 Å². The van der Waals surface area contributed by atoms with Crippen molar-refractivity contribution < 1.29 is 18.8 Å². The van der Waals surface area contributed by atoms with Gasteiger partial charge < -0.3 is 19.8 Å². The molecule has 33 heavy (non-hydrogen) atoms.